The van der Waals surface area contributed by atoms with Crippen molar-refractivity contribution in [3.8, 4) is 0 Å². The summed E-state index contributed by atoms with van der Waals surface area (Å²) >= 11 is 0. The molecule has 1 N–H and O–H groups in total. The van der Waals surface area contributed by atoms with Gasteiger partial charge in [-0.05, 0) is 31.4 Å². The summed E-state index contributed by atoms with van der Waals surface area (Å²) in [6, 6.07) is 12.1. The smallest absolute Gasteiger partial charge is 0.253 e. The third-order valence-corrected chi connectivity index (χ3v) is 4.30. The molecule has 0 radical (unpaired) electrons. The number of nitrogens with zero attached hydrogens (tertiary/aromatic N) is 3. The molecule has 3 aromatic rings. The van der Waals surface area contributed by atoms with Crippen LogP contribution in [0.25, 0.3) is 11.0 Å². The van der Waals surface area contributed by atoms with E-state index in [0.29, 0.717) is 5.56 Å². The van der Waals surface area contributed by atoms with Crippen molar-refractivity contribution in [1.82, 2.24) is 20.1 Å². The van der Waals surface area contributed by atoms with Crippen LogP contribution in [0.4, 0.5) is 0 Å². The molecule has 5 nitrogen and oxygen atoms in total. The minimum absolute atomic E-state index is 0.0391. The second-order valence-corrected chi connectivity index (χ2v) is 6.93. The van der Waals surface area contributed by atoms with Gasteiger partial charge in [0.15, 0.2) is 5.65 Å². The van der Waals surface area contributed by atoms with Crippen LogP contribution < -0.4 is 5.32 Å². The van der Waals surface area contributed by atoms with E-state index in [1.807, 2.05) is 41.1 Å². The van der Waals surface area contributed by atoms with Crippen LogP contribution in [-0.2, 0) is 0 Å². The van der Waals surface area contributed by atoms with Crippen molar-refractivity contribution in [2.45, 2.75) is 39.8 Å². The first-order valence-corrected chi connectivity index (χ1v) is 8.66. The Morgan fingerprint density at radius 1 is 1.08 bits per heavy atom. The maximum atomic E-state index is 12.7. The van der Waals surface area contributed by atoms with Gasteiger partial charge in [0.05, 0.1) is 17.8 Å². The van der Waals surface area contributed by atoms with Crippen molar-refractivity contribution >= 4 is 16.9 Å². The Morgan fingerprint density at radius 3 is 2.44 bits per heavy atom. The van der Waals surface area contributed by atoms with Crippen molar-refractivity contribution in [1.29, 1.82) is 0 Å². The van der Waals surface area contributed by atoms with E-state index in [-0.39, 0.29) is 23.9 Å². The van der Waals surface area contributed by atoms with Crippen LogP contribution in [0.1, 0.15) is 55.7 Å². The molecule has 1 amide bonds. The molecule has 0 spiro atoms. The van der Waals surface area contributed by atoms with Gasteiger partial charge >= 0.3 is 0 Å². The number of pyridine rings is 1. The first-order chi connectivity index (χ1) is 12.0. The van der Waals surface area contributed by atoms with Crippen LogP contribution in [0, 0.1) is 5.92 Å². The maximum Gasteiger partial charge on any atom is 0.253 e. The summed E-state index contributed by atoms with van der Waals surface area (Å²) in [5.41, 5.74) is 2.46. The van der Waals surface area contributed by atoms with Gasteiger partial charge < -0.3 is 5.32 Å². The van der Waals surface area contributed by atoms with Gasteiger partial charge in [-0.1, -0.05) is 44.2 Å². The number of nitrogens with one attached hydrogen (secondary N) is 1. The largest absolute Gasteiger partial charge is 0.345 e. The molecule has 5 heteroatoms. The highest BCUT2D eigenvalue weighted by Gasteiger charge is 2.20. The van der Waals surface area contributed by atoms with Gasteiger partial charge in [0, 0.05) is 17.6 Å². The first kappa shape index (κ1) is 17.1. The fourth-order valence-electron chi connectivity index (χ4n) is 2.96. The summed E-state index contributed by atoms with van der Waals surface area (Å²) in [6.07, 6.45) is 3.39. The fraction of sp³-hybridized carbons (Fsp3) is 0.350. The summed E-state index contributed by atoms with van der Waals surface area (Å²) in [7, 11) is 0. The minimum Gasteiger partial charge on any atom is -0.345 e. The lowest BCUT2D eigenvalue weighted by atomic mass is 9.96. The third kappa shape index (κ3) is 3.55. The molecule has 0 aliphatic heterocycles. The number of carbonyl (C=O) groups excluding carboxylic acids is 1. The van der Waals surface area contributed by atoms with Gasteiger partial charge in [0.1, 0.15) is 0 Å². The first-order valence-electron chi connectivity index (χ1n) is 8.66. The maximum absolute atomic E-state index is 12.7. The molecule has 0 saturated carbocycles. The summed E-state index contributed by atoms with van der Waals surface area (Å²) in [4.78, 5) is 17.2. The van der Waals surface area contributed by atoms with Crippen LogP contribution in [0.15, 0.2) is 48.8 Å². The van der Waals surface area contributed by atoms with E-state index >= 15 is 0 Å². The van der Waals surface area contributed by atoms with Gasteiger partial charge in [-0.3, -0.25) is 4.79 Å². The van der Waals surface area contributed by atoms with E-state index < -0.39 is 0 Å². The second kappa shape index (κ2) is 7.05. The summed E-state index contributed by atoms with van der Waals surface area (Å²) < 4.78 is 1.86. The van der Waals surface area contributed by atoms with Gasteiger partial charge in [-0.15, -0.1) is 0 Å². The fourth-order valence-corrected chi connectivity index (χ4v) is 2.96. The molecule has 3 rings (SSSR count). The molecule has 2 heterocycles. The molecule has 0 fully saturated rings. The highest BCUT2D eigenvalue weighted by Crippen LogP contribution is 2.22. The van der Waals surface area contributed by atoms with Crippen molar-refractivity contribution in [2.75, 3.05) is 0 Å². The molecule has 130 valence electrons. The number of fused-ring (bicyclic) bond motifs is 1. The van der Waals surface area contributed by atoms with Crippen LogP contribution in [0.5, 0.6) is 0 Å². The molecule has 1 atom stereocenters. The molecule has 0 aliphatic carbocycles. The predicted octanol–water partition coefficient (Wildman–Crippen LogP) is 4.14. The highest BCUT2D eigenvalue weighted by molar-refractivity contribution is 5.97. The van der Waals surface area contributed by atoms with Gasteiger partial charge in [0.2, 0.25) is 0 Å². The van der Waals surface area contributed by atoms with Gasteiger partial charge in [0.25, 0.3) is 5.91 Å². The van der Waals surface area contributed by atoms with E-state index in [4.69, 9.17) is 0 Å². The number of amides is 1. The molecule has 25 heavy (non-hydrogen) atoms. The Bertz CT molecular complexity index is 868. The van der Waals surface area contributed by atoms with Crippen LogP contribution >= 0.6 is 0 Å². The molecule has 0 unspecified atom stereocenters. The molecule has 0 bridgehead atoms. The second-order valence-electron chi connectivity index (χ2n) is 6.93. The zero-order valence-electron chi connectivity index (χ0n) is 15.1. The zero-order chi connectivity index (χ0) is 18.0. The van der Waals surface area contributed by atoms with E-state index in [0.717, 1.165) is 16.6 Å². The van der Waals surface area contributed by atoms with Crippen LogP contribution in [0.3, 0.4) is 0 Å². The Hall–Kier alpha value is -2.69. The van der Waals surface area contributed by atoms with Crippen molar-refractivity contribution in [3.05, 3.63) is 59.9 Å². The van der Waals surface area contributed by atoms with E-state index in [2.05, 4.69) is 43.1 Å². The van der Waals surface area contributed by atoms with Crippen molar-refractivity contribution < 1.29 is 4.79 Å². The number of hydrogen-bond acceptors (Lipinski definition) is 3. The Balaban J connectivity index is 1.86. The van der Waals surface area contributed by atoms with Gasteiger partial charge in [-0.2, -0.15) is 5.10 Å². The zero-order valence-corrected chi connectivity index (χ0v) is 15.1. The molecule has 1 aromatic carbocycles. The van der Waals surface area contributed by atoms with Gasteiger partial charge in [-0.25, -0.2) is 9.67 Å². The lowest BCUT2D eigenvalue weighted by Crippen LogP contribution is -2.31. The monoisotopic (exact) mass is 336 g/mol. The quantitative estimate of drug-likeness (QED) is 0.762. The van der Waals surface area contributed by atoms with Crippen LogP contribution in [0.2, 0.25) is 0 Å². The number of carbonyl (C=O) groups is 1. The summed E-state index contributed by atoms with van der Waals surface area (Å²) in [5, 5.41) is 8.37. The lowest BCUT2D eigenvalue weighted by molar-refractivity contribution is 0.0925. The van der Waals surface area contributed by atoms with E-state index in [1.54, 1.807) is 12.4 Å². The topological polar surface area (TPSA) is 59.8 Å². The number of benzene rings is 1. The highest BCUT2D eigenvalue weighted by atomic mass is 16.1. The van der Waals surface area contributed by atoms with Crippen molar-refractivity contribution in [2.24, 2.45) is 5.92 Å². The normalized spacial score (nSPS) is 12.7. The number of hydrogen-bond donors (Lipinski definition) is 1. The Morgan fingerprint density at radius 2 is 1.80 bits per heavy atom. The van der Waals surface area contributed by atoms with E-state index in [1.165, 1.54) is 0 Å². The predicted molar refractivity (Wildman–Crippen MR) is 99.4 cm³/mol. The SMILES string of the molecule is CC(C)[C@H](NC(=O)c1cnc2c(cnn2C(C)C)c1)c1ccccc1. The Labute approximate surface area is 148 Å². The lowest BCUT2D eigenvalue weighted by Gasteiger charge is -2.23. The average molecular weight is 336 g/mol. The molecular weight excluding hydrogens is 312 g/mol. The third-order valence-electron chi connectivity index (χ3n) is 4.30. The molecule has 2 aromatic heterocycles. The number of rotatable bonds is 5. The molecule has 0 saturated heterocycles. The van der Waals surface area contributed by atoms with E-state index in [9.17, 15) is 4.79 Å². The summed E-state index contributed by atoms with van der Waals surface area (Å²) in [6.45, 7) is 8.32. The number of aromatic nitrogens is 3. The molecule has 0 aliphatic rings. The van der Waals surface area contributed by atoms with Crippen molar-refractivity contribution in [3.63, 3.8) is 0 Å². The molecular formula is C20H24N4O. The van der Waals surface area contributed by atoms with Crippen LogP contribution in [-0.4, -0.2) is 20.7 Å². The standard InChI is InChI=1S/C20H24N4O/c1-13(2)18(15-8-6-5-7-9-15)23-20(25)17-10-16-12-22-24(14(3)4)19(16)21-11-17/h5-14,18H,1-4H3,(H,23,25)/t18-/m0/s1. The summed E-state index contributed by atoms with van der Waals surface area (Å²) in [5.74, 6) is 0.168. The average Bonchev–Trinajstić information content (AvgIpc) is 3.03. The Kier molecular flexibility index (Phi) is 4.83. The minimum atomic E-state index is -0.116.